The number of anilines is 1. The first-order valence-corrected chi connectivity index (χ1v) is 9.88. The normalized spacial score (nSPS) is 16.4. The molecule has 1 aliphatic rings. The summed E-state index contributed by atoms with van der Waals surface area (Å²) in [5.41, 5.74) is 10.0. The van der Waals surface area contributed by atoms with Crippen LogP contribution in [0.25, 0.3) is 16.8 Å². The van der Waals surface area contributed by atoms with Gasteiger partial charge in [0.25, 0.3) is 0 Å². The lowest BCUT2D eigenvalue weighted by molar-refractivity contribution is 0.453. The maximum Gasteiger partial charge on any atom is 0.165 e. The quantitative estimate of drug-likeness (QED) is 0.648. The molecular weight excluding hydrogens is 406 g/mol. The fraction of sp³-hybridized carbons (Fsp3) is 0.368. The van der Waals surface area contributed by atoms with Crippen molar-refractivity contribution in [1.29, 1.82) is 5.26 Å². The molecule has 140 valence electrons. The van der Waals surface area contributed by atoms with Gasteiger partial charge in [0.05, 0.1) is 16.4 Å². The van der Waals surface area contributed by atoms with Crippen molar-refractivity contribution in [2.24, 2.45) is 0 Å². The van der Waals surface area contributed by atoms with Gasteiger partial charge in [-0.2, -0.15) is 14.9 Å². The minimum absolute atomic E-state index is 0.317. The fourth-order valence-electron chi connectivity index (χ4n) is 3.19. The monoisotopic (exact) mass is 427 g/mol. The third-order valence-electron chi connectivity index (χ3n) is 4.52. The van der Waals surface area contributed by atoms with Gasteiger partial charge in [-0.1, -0.05) is 13.8 Å². The van der Waals surface area contributed by atoms with Crippen molar-refractivity contribution in [1.82, 2.24) is 24.9 Å². The molecule has 0 bridgehead atoms. The highest BCUT2D eigenvalue weighted by Gasteiger charge is 2.23. The Morgan fingerprint density at radius 2 is 2.15 bits per heavy atom. The fourth-order valence-corrected chi connectivity index (χ4v) is 3.77. The van der Waals surface area contributed by atoms with Crippen molar-refractivity contribution >= 4 is 27.4 Å². The highest BCUT2D eigenvalue weighted by molar-refractivity contribution is 9.10. The number of nitrogens with two attached hydrogens (primary N) is 1. The Labute approximate surface area is 166 Å². The van der Waals surface area contributed by atoms with Crippen LogP contribution >= 0.6 is 15.9 Å². The summed E-state index contributed by atoms with van der Waals surface area (Å²) in [6, 6.07) is 5.56. The molecule has 0 spiro atoms. The summed E-state index contributed by atoms with van der Waals surface area (Å²) < 4.78 is 2.44. The molecule has 3 aromatic heterocycles. The molecule has 27 heavy (non-hydrogen) atoms. The first-order valence-electron chi connectivity index (χ1n) is 9.09. The van der Waals surface area contributed by atoms with Crippen LogP contribution in [0.15, 0.2) is 29.0 Å². The summed E-state index contributed by atoms with van der Waals surface area (Å²) in [6.07, 6.45) is 5.60. The molecular formula is C19H22BrN7. The van der Waals surface area contributed by atoms with Crippen LogP contribution in [0.3, 0.4) is 0 Å². The number of pyridine rings is 1. The van der Waals surface area contributed by atoms with Crippen molar-refractivity contribution < 1.29 is 0 Å². The summed E-state index contributed by atoms with van der Waals surface area (Å²) in [7, 11) is 0. The number of piperidine rings is 1. The molecule has 3 N–H and O–H groups in total. The van der Waals surface area contributed by atoms with Gasteiger partial charge in [-0.25, -0.2) is 9.97 Å². The highest BCUT2D eigenvalue weighted by atomic mass is 79.9. The predicted molar refractivity (Wildman–Crippen MR) is 109 cm³/mol. The number of nitrogens with one attached hydrogen (secondary N) is 1. The van der Waals surface area contributed by atoms with E-state index in [0.29, 0.717) is 23.1 Å². The number of nitrogen functional groups attached to an aromatic ring is 1. The number of nitriles is 1. The van der Waals surface area contributed by atoms with Crippen molar-refractivity contribution in [2.45, 2.75) is 32.6 Å². The smallest absolute Gasteiger partial charge is 0.165 e. The number of fused-ring (bicyclic) bond motifs is 1. The Morgan fingerprint density at radius 1 is 1.33 bits per heavy atom. The van der Waals surface area contributed by atoms with Crippen molar-refractivity contribution in [2.75, 3.05) is 18.8 Å². The lowest BCUT2D eigenvalue weighted by Crippen LogP contribution is -2.29. The van der Waals surface area contributed by atoms with Crippen LogP contribution in [-0.2, 0) is 0 Å². The Balaban J connectivity index is 0.00000102. The van der Waals surface area contributed by atoms with Crippen LogP contribution in [0.1, 0.15) is 44.0 Å². The summed E-state index contributed by atoms with van der Waals surface area (Å²) in [5.74, 6) is 0.857. The van der Waals surface area contributed by atoms with E-state index in [1.165, 1.54) is 0 Å². The van der Waals surface area contributed by atoms with Gasteiger partial charge in [0.1, 0.15) is 17.6 Å². The van der Waals surface area contributed by atoms with E-state index in [1.54, 1.807) is 23.0 Å². The van der Waals surface area contributed by atoms with Crippen molar-refractivity contribution in [3.63, 3.8) is 0 Å². The maximum atomic E-state index is 8.91. The van der Waals surface area contributed by atoms with Crippen LogP contribution in [0, 0.1) is 11.3 Å². The Hall–Kier alpha value is -2.50. The molecule has 0 aromatic carbocycles. The van der Waals surface area contributed by atoms with Gasteiger partial charge < -0.3 is 11.1 Å². The molecule has 1 atom stereocenters. The average Bonchev–Trinajstić information content (AvgIpc) is 3.17. The van der Waals surface area contributed by atoms with Crippen LogP contribution < -0.4 is 11.1 Å². The number of aromatic nitrogens is 4. The van der Waals surface area contributed by atoms with Gasteiger partial charge in [-0.3, -0.25) is 0 Å². The molecule has 0 saturated carbocycles. The summed E-state index contributed by atoms with van der Waals surface area (Å²) in [6.45, 7) is 5.93. The molecule has 1 saturated heterocycles. The summed E-state index contributed by atoms with van der Waals surface area (Å²) in [4.78, 5) is 9.01. The molecule has 0 aliphatic carbocycles. The molecule has 1 fully saturated rings. The first kappa shape index (κ1) is 19.3. The lowest BCUT2D eigenvalue weighted by Gasteiger charge is -2.23. The Morgan fingerprint density at radius 3 is 2.78 bits per heavy atom. The van der Waals surface area contributed by atoms with Gasteiger partial charge in [0, 0.05) is 29.8 Å². The Bertz CT molecular complexity index is 966. The molecule has 7 nitrogen and oxygen atoms in total. The van der Waals surface area contributed by atoms with Crippen molar-refractivity contribution in [3.8, 4) is 17.2 Å². The third kappa shape index (κ3) is 3.66. The second-order valence-electron chi connectivity index (χ2n) is 6.08. The minimum atomic E-state index is 0.317. The van der Waals surface area contributed by atoms with Gasteiger partial charge in [0.15, 0.2) is 5.65 Å². The molecule has 0 amide bonds. The van der Waals surface area contributed by atoms with E-state index in [1.807, 2.05) is 26.0 Å². The topological polar surface area (TPSA) is 105 Å². The van der Waals surface area contributed by atoms with E-state index < -0.39 is 0 Å². The van der Waals surface area contributed by atoms with Gasteiger partial charge in [0.2, 0.25) is 0 Å². The number of rotatable bonds is 2. The van der Waals surface area contributed by atoms with Crippen LogP contribution in [-0.4, -0.2) is 32.7 Å². The van der Waals surface area contributed by atoms with Crippen LogP contribution in [0.4, 0.5) is 5.82 Å². The highest BCUT2D eigenvalue weighted by Crippen LogP contribution is 2.34. The molecule has 1 unspecified atom stereocenters. The second kappa shape index (κ2) is 8.46. The number of nitrogens with zero attached hydrogens (tertiary/aromatic N) is 5. The minimum Gasteiger partial charge on any atom is -0.383 e. The third-order valence-corrected chi connectivity index (χ3v) is 5.33. The van der Waals surface area contributed by atoms with Gasteiger partial charge in [-0.05, 0) is 47.4 Å². The number of hydrogen-bond donors (Lipinski definition) is 2. The van der Waals surface area contributed by atoms with E-state index in [4.69, 9.17) is 16.0 Å². The second-order valence-corrected chi connectivity index (χ2v) is 6.87. The number of hydrogen-bond acceptors (Lipinski definition) is 6. The number of halogens is 1. The van der Waals surface area contributed by atoms with E-state index in [-0.39, 0.29) is 0 Å². The van der Waals surface area contributed by atoms with E-state index in [2.05, 4.69) is 31.3 Å². The lowest BCUT2D eigenvalue weighted by atomic mass is 9.96. The molecule has 3 aromatic rings. The van der Waals surface area contributed by atoms with E-state index in [9.17, 15) is 0 Å². The van der Waals surface area contributed by atoms with E-state index >= 15 is 0 Å². The summed E-state index contributed by atoms with van der Waals surface area (Å²) in [5, 5.41) is 16.7. The van der Waals surface area contributed by atoms with Crippen LogP contribution in [0.5, 0.6) is 0 Å². The van der Waals surface area contributed by atoms with Crippen LogP contribution in [0.2, 0.25) is 0 Å². The SMILES string of the molecule is CC.N#Cc1ccc(-c2cnn3c(N)c(Br)c(C4CCCNC4)nc23)cn1. The molecule has 1 aliphatic heterocycles. The average molecular weight is 428 g/mol. The summed E-state index contributed by atoms with van der Waals surface area (Å²) >= 11 is 3.60. The van der Waals surface area contributed by atoms with Gasteiger partial charge in [-0.15, -0.1) is 0 Å². The molecule has 4 rings (SSSR count). The predicted octanol–water partition coefficient (Wildman–Crippen LogP) is 3.50. The van der Waals surface area contributed by atoms with Gasteiger partial charge >= 0.3 is 0 Å². The first-order chi connectivity index (χ1) is 13.2. The largest absolute Gasteiger partial charge is 0.383 e. The zero-order chi connectivity index (χ0) is 19.4. The zero-order valence-electron chi connectivity index (χ0n) is 15.4. The molecule has 4 heterocycles. The zero-order valence-corrected chi connectivity index (χ0v) is 17.0. The van der Waals surface area contributed by atoms with Crippen molar-refractivity contribution in [3.05, 3.63) is 40.4 Å². The standard InChI is InChI=1S/C17H16BrN7.C2H6/c18-14-15(11-2-1-5-21-7-11)24-17-13(9-23-25(17)16(14)20)10-3-4-12(6-19)22-8-10;1-2/h3-4,8-9,11,21H,1-2,5,7,20H2;1-2H3. The Kier molecular flexibility index (Phi) is 6.04. The van der Waals surface area contributed by atoms with E-state index in [0.717, 1.165) is 47.2 Å². The maximum absolute atomic E-state index is 8.91. The molecule has 0 radical (unpaired) electrons. The molecule has 8 heteroatoms.